The molecule has 7 unspecified atom stereocenters. The van der Waals surface area contributed by atoms with Crippen molar-refractivity contribution in [2.75, 3.05) is 25.2 Å². The fourth-order valence-corrected chi connectivity index (χ4v) is 6.79. The van der Waals surface area contributed by atoms with Crippen molar-refractivity contribution in [2.45, 2.75) is 76.3 Å². The molecule has 3 aliphatic rings. The fourth-order valence-electron chi connectivity index (χ4n) is 5.28. The lowest BCUT2D eigenvalue weighted by Crippen LogP contribution is -2.59. The van der Waals surface area contributed by atoms with Crippen LogP contribution < -0.4 is 0 Å². The first-order chi connectivity index (χ1) is 14.2. The second kappa shape index (κ2) is 9.86. The Morgan fingerprint density at radius 2 is 2.03 bits per heavy atom. The van der Waals surface area contributed by atoms with Crippen LogP contribution in [0.15, 0.2) is 23.8 Å². The zero-order chi connectivity index (χ0) is 21.9. The first-order valence-corrected chi connectivity index (χ1v) is 12.3. The zero-order valence-electron chi connectivity index (χ0n) is 18.8. The van der Waals surface area contributed by atoms with E-state index in [4.69, 9.17) is 9.47 Å². The molecule has 7 atom stereocenters. The molecule has 170 valence electrons. The van der Waals surface area contributed by atoms with Crippen molar-refractivity contribution in [1.82, 2.24) is 0 Å². The van der Waals surface area contributed by atoms with E-state index in [0.717, 1.165) is 25.0 Å². The number of ketones is 1. The van der Waals surface area contributed by atoms with Gasteiger partial charge in [-0.1, -0.05) is 23.8 Å². The maximum Gasteiger partial charge on any atom is 0.162 e. The molecule has 0 aromatic carbocycles. The first kappa shape index (κ1) is 24.0. The van der Waals surface area contributed by atoms with Crippen molar-refractivity contribution in [3.63, 3.8) is 0 Å². The van der Waals surface area contributed by atoms with E-state index in [0.29, 0.717) is 30.4 Å². The van der Waals surface area contributed by atoms with Gasteiger partial charge in [0.15, 0.2) is 5.78 Å². The molecular weight excluding hydrogens is 400 g/mol. The molecule has 1 aliphatic heterocycles. The van der Waals surface area contributed by atoms with E-state index >= 15 is 0 Å². The lowest BCUT2D eigenvalue weighted by Gasteiger charge is -2.45. The SMILES string of the molecule is COC1C(=O)CCC(O)(CSCC2CC=CCC2CO)C1C1(C)OC1CC=C(C)C. The summed E-state index contributed by atoms with van der Waals surface area (Å²) in [6.07, 6.45) is 9.35. The van der Waals surface area contributed by atoms with Crippen molar-refractivity contribution in [1.29, 1.82) is 0 Å². The van der Waals surface area contributed by atoms with E-state index in [1.54, 1.807) is 18.9 Å². The summed E-state index contributed by atoms with van der Waals surface area (Å²) in [6.45, 7) is 6.36. The molecule has 6 heteroatoms. The Hall–Kier alpha value is -0.660. The van der Waals surface area contributed by atoms with Gasteiger partial charge in [-0.3, -0.25) is 4.79 Å². The van der Waals surface area contributed by atoms with Gasteiger partial charge in [0.2, 0.25) is 0 Å². The Balaban J connectivity index is 1.71. The lowest BCUT2D eigenvalue weighted by molar-refractivity contribution is -0.159. The smallest absolute Gasteiger partial charge is 0.162 e. The largest absolute Gasteiger partial charge is 0.396 e. The fraction of sp³-hybridized carbons (Fsp3) is 0.792. The molecule has 0 aromatic rings. The van der Waals surface area contributed by atoms with E-state index in [1.165, 1.54) is 5.57 Å². The average molecular weight is 439 g/mol. The van der Waals surface area contributed by atoms with Crippen molar-refractivity contribution in [3.05, 3.63) is 23.8 Å². The Bertz CT molecular complexity index is 673. The van der Waals surface area contributed by atoms with Gasteiger partial charge < -0.3 is 19.7 Å². The number of hydrogen-bond donors (Lipinski definition) is 2. The Morgan fingerprint density at radius 3 is 2.67 bits per heavy atom. The van der Waals surface area contributed by atoms with E-state index in [2.05, 4.69) is 32.1 Å². The minimum atomic E-state index is -1.01. The topological polar surface area (TPSA) is 79.3 Å². The predicted octanol–water partition coefficient (Wildman–Crippen LogP) is 3.53. The number of methoxy groups -OCH3 is 1. The van der Waals surface area contributed by atoms with Gasteiger partial charge in [-0.05, 0) is 64.0 Å². The highest BCUT2D eigenvalue weighted by atomic mass is 32.2. The van der Waals surface area contributed by atoms with Gasteiger partial charge in [-0.2, -0.15) is 11.8 Å². The number of hydrogen-bond acceptors (Lipinski definition) is 6. The van der Waals surface area contributed by atoms with E-state index in [1.807, 2.05) is 6.92 Å². The Labute approximate surface area is 185 Å². The molecule has 5 nitrogen and oxygen atoms in total. The van der Waals surface area contributed by atoms with Crippen molar-refractivity contribution in [3.8, 4) is 0 Å². The van der Waals surface area contributed by atoms with E-state index < -0.39 is 17.3 Å². The predicted molar refractivity (Wildman–Crippen MR) is 121 cm³/mol. The lowest BCUT2D eigenvalue weighted by atomic mass is 9.67. The molecule has 2 fully saturated rings. The van der Waals surface area contributed by atoms with Crippen LogP contribution in [0.25, 0.3) is 0 Å². The highest BCUT2D eigenvalue weighted by Crippen LogP contribution is 2.54. The van der Waals surface area contributed by atoms with Crippen LogP contribution in [0.2, 0.25) is 0 Å². The molecule has 2 aliphatic carbocycles. The molecule has 2 N–H and O–H groups in total. The summed E-state index contributed by atoms with van der Waals surface area (Å²) in [7, 11) is 1.56. The second-order valence-electron chi connectivity index (χ2n) is 9.67. The van der Waals surface area contributed by atoms with Gasteiger partial charge in [-0.25, -0.2) is 0 Å². The minimum Gasteiger partial charge on any atom is -0.396 e. The summed E-state index contributed by atoms with van der Waals surface area (Å²) in [5, 5.41) is 21.4. The minimum absolute atomic E-state index is 0.000254. The monoisotopic (exact) mass is 438 g/mol. The summed E-state index contributed by atoms with van der Waals surface area (Å²) in [5.41, 5.74) is -0.326. The number of carbonyl (C=O) groups excluding carboxylic acids is 1. The summed E-state index contributed by atoms with van der Waals surface area (Å²) in [6, 6.07) is 0. The normalized spacial score (nSPS) is 41.0. The molecule has 1 heterocycles. The van der Waals surface area contributed by atoms with Crippen molar-refractivity contribution >= 4 is 17.5 Å². The molecule has 1 saturated carbocycles. The van der Waals surface area contributed by atoms with Crippen LogP contribution in [0, 0.1) is 17.8 Å². The maximum absolute atomic E-state index is 12.6. The van der Waals surface area contributed by atoms with E-state index in [9.17, 15) is 15.0 Å². The second-order valence-corrected chi connectivity index (χ2v) is 10.7. The number of ether oxygens (including phenoxy) is 2. The number of Topliss-reactive ketones (excluding diaryl/α,β-unsaturated/α-hetero) is 1. The van der Waals surface area contributed by atoms with Crippen LogP contribution in [0.3, 0.4) is 0 Å². The van der Waals surface area contributed by atoms with Crippen molar-refractivity contribution in [2.24, 2.45) is 17.8 Å². The molecule has 1 saturated heterocycles. The van der Waals surface area contributed by atoms with Gasteiger partial charge in [-0.15, -0.1) is 0 Å². The maximum atomic E-state index is 12.6. The number of aliphatic hydroxyl groups is 2. The molecule has 0 bridgehead atoms. The van der Waals surface area contributed by atoms with Crippen molar-refractivity contribution < 1.29 is 24.5 Å². The highest BCUT2D eigenvalue weighted by Gasteiger charge is 2.67. The summed E-state index contributed by atoms with van der Waals surface area (Å²) >= 11 is 1.74. The quantitative estimate of drug-likeness (QED) is 0.423. The third-order valence-electron chi connectivity index (χ3n) is 7.22. The molecule has 0 radical (unpaired) electrons. The Morgan fingerprint density at radius 1 is 1.33 bits per heavy atom. The van der Waals surface area contributed by atoms with Crippen LogP contribution in [-0.2, 0) is 14.3 Å². The molecule has 0 spiro atoms. The zero-order valence-corrected chi connectivity index (χ0v) is 19.6. The van der Waals surface area contributed by atoms with Crippen LogP contribution in [0.4, 0.5) is 0 Å². The van der Waals surface area contributed by atoms with Crippen LogP contribution in [0.5, 0.6) is 0 Å². The van der Waals surface area contributed by atoms with Gasteiger partial charge >= 0.3 is 0 Å². The highest BCUT2D eigenvalue weighted by molar-refractivity contribution is 7.99. The summed E-state index contributed by atoms with van der Waals surface area (Å²) in [5.74, 6) is 1.86. The molecule has 30 heavy (non-hydrogen) atoms. The third-order valence-corrected chi connectivity index (χ3v) is 8.59. The number of rotatable bonds is 9. The van der Waals surface area contributed by atoms with Gasteiger partial charge in [0.1, 0.15) is 11.7 Å². The standard InChI is InChI=1S/C24H38O5S/c1-16(2)9-10-20-23(3,29-20)22-21(28-4)19(26)11-12-24(22,27)15-30-14-18-8-6-5-7-17(18)13-25/h5-6,9,17-18,20-22,25,27H,7-8,10-15H2,1-4H3. The average Bonchev–Trinajstić information content (AvgIpc) is 3.39. The number of allylic oxidation sites excluding steroid dienone is 3. The van der Waals surface area contributed by atoms with Gasteiger partial charge in [0.05, 0.1) is 17.6 Å². The molecule has 0 aromatic heterocycles. The molecular formula is C24H38O5S. The van der Waals surface area contributed by atoms with Crippen LogP contribution >= 0.6 is 11.8 Å². The number of carbonyl (C=O) groups is 1. The third kappa shape index (κ3) is 5.04. The molecule has 3 rings (SSSR count). The first-order valence-electron chi connectivity index (χ1n) is 11.2. The van der Waals surface area contributed by atoms with Gasteiger partial charge in [0.25, 0.3) is 0 Å². The summed E-state index contributed by atoms with van der Waals surface area (Å²) in [4.78, 5) is 12.6. The van der Waals surface area contributed by atoms with Crippen LogP contribution in [-0.4, -0.2) is 64.6 Å². The number of epoxide rings is 1. The van der Waals surface area contributed by atoms with Crippen LogP contribution in [0.1, 0.15) is 52.9 Å². The van der Waals surface area contributed by atoms with E-state index in [-0.39, 0.29) is 24.4 Å². The number of thioether (sulfide) groups is 1. The van der Waals surface area contributed by atoms with Gasteiger partial charge in [0, 0.05) is 25.9 Å². The number of aliphatic hydroxyl groups excluding tert-OH is 1. The summed E-state index contributed by atoms with van der Waals surface area (Å²) < 4.78 is 11.7. The Kier molecular flexibility index (Phi) is 7.89. The molecule has 0 amide bonds.